The number of aromatic nitrogens is 1. The number of rotatable bonds is 1. The van der Waals surface area contributed by atoms with Crippen LogP contribution in [0.1, 0.15) is 36.7 Å². The Morgan fingerprint density at radius 1 is 1.55 bits per heavy atom. The third-order valence-corrected chi connectivity index (χ3v) is 1.72. The van der Waals surface area contributed by atoms with Crippen molar-refractivity contribution in [1.82, 2.24) is 4.98 Å². The highest BCUT2D eigenvalue weighted by Crippen LogP contribution is 2.19. The van der Waals surface area contributed by atoms with E-state index in [-0.39, 0.29) is 0 Å². The highest BCUT2D eigenvalue weighted by Gasteiger charge is 2.07. The highest BCUT2D eigenvalue weighted by molar-refractivity contribution is 5.36. The summed E-state index contributed by atoms with van der Waals surface area (Å²) in [7, 11) is 0. The van der Waals surface area contributed by atoms with Crippen LogP contribution in [-0.4, -0.2) is 4.98 Å². The molecule has 58 valence electrons. The van der Waals surface area contributed by atoms with Crippen LogP contribution < -0.4 is 0 Å². The zero-order chi connectivity index (χ0) is 8.43. The molecule has 2 heteroatoms. The van der Waals surface area contributed by atoms with E-state index in [0.29, 0.717) is 11.6 Å². The maximum Gasteiger partial charge on any atom is 0.121 e. The van der Waals surface area contributed by atoms with Gasteiger partial charge in [-0.15, -0.1) is 0 Å². The van der Waals surface area contributed by atoms with Gasteiger partial charge in [0, 0.05) is 5.69 Å². The number of aryl methyl sites for hydroxylation is 1. The van der Waals surface area contributed by atoms with Gasteiger partial charge in [-0.3, -0.25) is 0 Å². The maximum atomic E-state index is 8.70. The summed E-state index contributed by atoms with van der Waals surface area (Å²) in [6, 6.07) is 4.17. The van der Waals surface area contributed by atoms with Gasteiger partial charge in [-0.1, -0.05) is 13.8 Å². The van der Waals surface area contributed by atoms with Crippen molar-refractivity contribution in [3.8, 4) is 6.07 Å². The zero-order valence-electron chi connectivity index (χ0n) is 7.10. The summed E-state index contributed by atoms with van der Waals surface area (Å²) in [6.07, 6.45) is 0. The SMILES string of the molecule is Cc1cc(C(C)C)c(C#N)[nH]1. The fraction of sp³-hybridized carbons (Fsp3) is 0.444. The van der Waals surface area contributed by atoms with Crippen molar-refractivity contribution in [1.29, 1.82) is 5.26 Å². The molecule has 2 nitrogen and oxygen atoms in total. The lowest BCUT2D eigenvalue weighted by Crippen LogP contribution is -1.87. The van der Waals surface area contributed by atoms with Crippen molar-refractivity contribution in [2.45, 2.75) is 26.7 Å². The minimum Gasteiger partial charge on any atom is -0.350 e. The van der Waals surface area contributed by atoms with Gasteiger partial charge in [0.15, 0.2) is 0 Å². The van der Waals surface area contributed by atoms with Crippen molar-refractivity contribution >= 4 is 0 Å². The number of H-pyrrole nitrogens is 1. The van der Waals surface area contributed by atoms with E-state index in [0.717, 1.165) is 11.3 Å². The van der Waals surface area contributed by atoms with Crippen LogP contribution in [0.25, 0.3) is 0 Å². The van der Waals surface area contributed by atoms with E-state index in [2.05, 4.69) is 24.9 Å². The van der Waals surface area contributed by atoms with Crippen LogP contribution in [0.2, 0.25) is 0 Å². The molecule has 0 aliphatic rings. The van der Waals surface area contributed by atoms with Gasteiger partial charge >= 0.3 is 0 Å². The van der Waals surface area contributed by atoms with Crippen LogP contribution in [0.3, 0.4) is 0 Å². The number of nitriles is 1. The van der Waals surface area contributed by atoms with Crippen molar-refractivity contribution < 1.29 is 0 Å². The summed E-state index contributed by atoms with van der Waals surface area (Å²) in [6.45, 7) is 6.14. The Bertz CT molecular complexity index is 289. The van der Waals surface area contributed by atoms with Crippen LogP contribution in [0.15, 0.2) is 6.07 Å². The molecule has 11 heavy (non-hydrogen) atoms. The molecule has 1 heterocycles. The Labute approximate surface area is 66.9 Å². The van der Waals surface area contributed by atoms with E-state index in [1.165, 1.54) is 0 Å². The van der Waals surface area contributed by atoms with E-state index in [1.54, 1.807) is 0 Å². The Balaban J connectivity index is 3.15. The molecule has 1 rings (SSSR count). The third kappa shape index (κ3) is 1.43. The molecule has 0 bridgehead atoms. The number of aromatic amines is 1. The normalized spacial score (nSPS) is 10.1. The zero-order valence-corrected chi connectivity index (χ0v) is 7.10. The van der Waals surface area contributed by atoms with Gasteiger partial charge in [-0.05, 0) is 24.5 Å². The largest absolute Gasteiger partial charge is 0.350 e. The maximum absolute atomic E-state index is 8.70. The van der Waals surface area contributed by atoms with Crippen LogP contribution in [0.5, 0.6) is 0 Å². The first-order valence-electron chi connectivity index (χ1n) is 3.74. The van der Waals surface area contributed by atoms with Crippen LogP contribution >= 0.6 is 0 Å². The van der Waals surface area contributed by atoms with E-state index < -0.39 is 0 Å². The summed E-state index contributed by atoms with van der Waals surface area (Å²) < 4.78 is 0. The van der Waals surface area contributed by atoms with Gasteiger partial charge in [-0.2, -0.15) is 5.26 Å². The predicted molar refractivity (Wildman–Crippen MR) is 44.3 cm³/mol. The first-order valence-corrected chi connectivity index (χ1v) is 3.74. The molecule has 1 aromatic heterocycles. The Morgan fingerprint density at radius 2 is 2.18 bits per heavy atom. The summed E-state index contributed by atoms with van der Waals surface area (Å²) >= 11 is 0. The molecule has 1 aromatic rings. The molecule has 0 saturated heterocycles. The minimum atomic E-state index is 0.426. The van der Waals surface area contributed by atoms with Gasteiger partial charge in [0.05, 0.1) is 0 Å². The van der Waals surface area contributed by atoms with Gasteiger partial charge < -0.3 is 4.98 Å². The van der Waals surface area contributed by atoms with Gasteiger partial charge in [0.25, 0.3) is 0 Å². The van der Waals surface area contributed by atoms with Crippen LogP contribution in [0, 0.1) is 18.3 Å². The second-order valence-electron chi connectivity index (χ2n) is 3.05. The van der Waals surface area contributed by atoms with Crippen molar-refractivity contribution in [2.75, 3.05) is 0 Å². The van der Waals surface area contributed by atoms with Crippen LogP contribution in [-0.2, 0) is 0 Å². The fourth-order valence-corrected chi connectivity index (χ4v) is 1.16. The molecular weight excluding hydrogens is 136 g/mol. The first kappa shape index (κ1) is 7.87. The second kappa shape index (κ2) is 2.79. The Hall–Kier alpha value is -1.23. The number of nitrogens with zero attached hydrogens (tertiary/aromatic N) is 1. The standard InChI is InChI=1S/C9H12N2/c1-6(2)8-4-7(3)11-9(8)5-10/h4,6,11H,1-3H3. The van der Waals surface area contributed by atoms with Gasteiger partial charge in [0.2, 0.25) is 0 Å². The molecule has 0 spiro atoms. The quantitative estimate of drug-likeness (QED) is 0.652. The van der Waals surface area contributed by atoms with E-state index >= 15 is 0 Å². The number of nitrogens with one attached hydrogen (secondary N) is 1. The molecule has 1 N–H and O–H groups in total. The highest BCUT2D eigenvalue weighted by atomic mass is 14.7. The molecule has 0 aliphatic carbocycles. The minimum absolute atomic E-state index is 0.426. The number of hydrogen-bond donors (Lipinski definition) is 1. The van der Waals surface area contributed by atoms with Crippen molar-refractivity contribution in [3.63, 3.8) is 0 Å². The monoisotopic (exact) mass is 148 g/mol. The second-order valence-corrected chi connectivity index (χ2v) is 3.05. The predicted octanol–water partition coefficient (Wildman–Crippen LogP) is 2.32. The average molecular weight is 148 g/mol. The lowest BCUT2D eigenvalue weighted by Gasteiger charge is -1.99. The molecule has 0 radical (unpaired) electrons. The summed E-state index contributed by atoms with van der Waals surface area (Å²) in [5.74, 6) is 0.426. The van der Waals surface area contributed by atoms with E-state index in [4.69, 9.17) is 5.26 Å². The smallest absolute Gasteiger partial charge is 0.121 e. The molecular formula is C9H12N2. The molecule has 0 aromatic carbocycles. The van der Waals surface area contributed by atoms with E-state index in [9.17, 15) is 0 Å². The first-order chi connectivity index (χ1) is 5.15. The lowest BCUT2D eigenvalue weighted by molar-refractivity contribution is 0.864. The van der Waals surface area contributed by atoms with Crippen molar-refractivity contribution in [3.05, 3.63) is 23.0 Å². The Morgan fingerprint density at radius 3 is 2.55 bits per heavy atom. The molecule has 0 aliphatic heterocycles. The van der Waals surface area contributed by atoms with E-state index in [1.807, 2.05) is 13.0 Å². The fourth-order valence-electron chi connectivity index (χ4n) is 1.16. The lowest BCUT2D eigenvalue weighted by atomic mass is 10.0. The number of hydrogen-bond acceptors (Lipinski definition) is 1. The molecule has 0 unspecified atom stereocenters. The molecule has 0 fully saturated rings. The summed E-state index contributed by atoms with van der Waals surface area (Å²) in [4.78, 5) is 3.01. The Kier molecular flexibility index (Phi) is 2.00. The summed E-state index contributed by atoms with van der Waals surface area (Å²) in [5.41, 5.74) is 2.88. The summed E-state index contributed by atoms with van der Waals surface area (Å²) in [5, 5.41) is 8.70. The van der Waals surface area contributed by atoms with Crippen LogP contribution in [0.4, 0.5) is 0 Å². The van der Waals surface area contributed by atoms with Crippen molar-refractivity contribution in [2.24, 2.45) is 0 Å². The topological polar surface area (TPSA) is 39.6 Å². The molecule has 0 saturated carbocycles. The van der Waals surface area contributed by atoms with Gasteiger partial charge in [0.1, 0.15) is 11.8 Å². The van der Waals surface area contributed by atoms with Gasteiger partial charge in [-0.25, -0.2) is 0 Å². The molecule has 0 atom stereocenters. The third-order valence-electron chi connectivity index (χ3n) is 1.72. The average Bonchev–Trinajstić information content (AvgIpc) is 2.30. The molecule has 0 amide bonds.